The minimum Gasteiger partial charge on any atom is -0.487 e. The van der Waals surface area contributed by atoms with Gasteiger partial charge in [0.1, 0.15) is 46.5 Å². The van der Waals surface area contributed by atoms with Gasteiger partial charge in [0, 0.05) is 0 Å². The van der Waals surface area contributed by atoms with E-state index in [0.717, 1.165) is 87.1 Å². The number of unbranched alkanes of at least 4 members (excludes halogenated alkanes) is 3. The average molecular weight is 2070 g/mol. The van der Waals surface area contributed by atoms with Crippen molar-refractivity contribution in [2.75, 3.05) is 26.4 Å². The SMILES string of the molecule is CCCCCc1cc(F)c(OCC2CCC(c3cc(F)c(-c4cc(F)c(F)c(F)c4)c(F)c3)CC2)c(F)c1.CCCCc1cc(F)c(OCC2CCC(c3cc(F)c(-c4cc(F)c(F)c(F)c4)c(F)c3)CC2)c(F)c1.CCCc1cc(F)c(OCC2CCC(c3cc(F)c(-c4cc(F)c(F)c(F)c4)c(F)c3)CC2)c(F)c1.CCc1cc(F)c(OCC2CCC(c3cc(F)c(-c4cc(F)c(F)c(F)c4)c(F)c3)CC2)c(F)c1. The summed E-state index contributed by atoms with van der Waals surface area (Å²) in [5.74, 6) is -35.2. The molecule has 12 aromatic rings. The molecule has 0 atom stereocenters. The van der Waals surface area contributed by atoms with E-state index >= 15 is 0 Å². The summed E-state index contributed by atoms with van der Waals surface area (Å²) in [6.45, 7) is 8.26. The van der Waals surface area contributed by atoms with Gasteiger partial charge in [-0.15, -0.1) is 0 Å². The summed E-state index contributed by atoms with van der Waals surface area (Å²) in [5.41, 5.74) is -0.358. The fourth-order valence-corrected chi connectivity index (χ4v) is 19.6. The molecule has 4 aliphatic rings. The van der Waals surface area contributed by atoms with Crippen LogP contribution >= 0.6 is 0 Å². The van der Waals surface area contributed by atoms with Gasteiger partial charge in [-0.05, 0) is 401 Å². The highest BCUT2D eigenvalue weighted by atomic mass is 19.2. The Morgan fingerprint density at radius 3 is 0.555 bits per heavy atom. The van der Waals surface area contributed by atoms with Crippen LogP contribution in [-0.4, -0.2) is 26.4 Å². The molecule has 0 radical (unpaired) electrons. The van der Waals surface area contributed by atoms with Gasteiger partial charge in [-0.3, -0.25) is 0 Å². The Hall–Kier alpha value is -12.1. The zero-order valence-corrected chi connectivity index (χ0v) is 79.9. The maximum Gasteiger partial charge on any atom is 0.194 e. The summed E-state index contributed by atoms with van der Waals surface area (Å²) in [5, 5.41) is 0. The molecule has 4 aliphatic carbocycles. The molecule has 0 unspecified atom stereocenters. The van der Waals surface area contributed by atoms with Crippen LogP contribution in [0.2, 0.25) is 0 Å². The second kappa shape index (κ2) is 50.5. The van der Waals surface area contributed by atoms with Crippen LogP contribution in [0.1, 0.15) is 237 Å². The van der Waals surface area contributed by atoms with Crippen LogP contribution in [0.5, 0.6) is 23.0 Å². The average Bonchev–Trinajstić information content (AvgIpc) is 0.792. The molecule has 0 aromatic heterocycles. The number of benzene rings is 12. The Morgan fingerprint density at radius 2 is 0.370 bits per heavy atom. The number of ether oxygens (including phenoxy) is 4. The molecule has 0 spiro atoms. The van der Waals surface area contributed by atoms with E-state index in [9.17, 15) is 123 Å². The number of rotatable bonds is 30. The predicted octanol–water partition coefficient (Wildman–Crippen LogP) is 35.3. The number of aryl methyl sites for hydroxylation is 4. The molecular formula is C114H104F28O4. The normalized spacial score (nSPS) is 17.8. The lowest BCUT2D eigenvalue weighted by atomic mass is 9.78. The van der Waals surface area contributed by atoms with Gasteiger partial charge in [0.05, 0.1) is 48.7 Å². The molecule has 0 heterocycles. The van der Waals surface area contributed by atoms with E-state index in [1.807, 2.05) is 13.8 Å². The molecule has 16 rings (SSSR count). The standard InChI is InChI=1S/C30H29F7O.C29H27F7O.C28H25F7O.C27H23F7O/c1-2-3-4-5-18-10-26(35)30(27(36)11-18)38-16-17-6-8-19(9-7-17)20-12-22(31)28(23(32)13-20)21-14-24(33)29(37)25(34)15-21;1-2-3-4-17-9-25(34)29(26(35)10-17)37-15-16-5-7-18(8-6-16)19-11-21(30)27(22(31)12-19)20-13-23(32)28(36)24(33)14-20;1-2-3-16-8-24(33)28(25(34)9-16)36-14-15-4-6-17(7-5-15)18-10-20(29)26(21(30)11-18)19-12-22(31)27(35)23(32)13-19;1-2-14-7-23(32)27(24(33)8-14)35-13-15-3-5-16(6-4-15)17-9-19(28)25(20(29)10-17)18-11-21(30)26(34)22(31)12-18/h10-15,17,19H,2-9,16H2,1H3;9-14,16,18H,2-8,15H2,1H3;8-13,15,17H,2-7,14H2,1H3;7-12,15-16H,2-6,13H2,1H3. The predicted molar refractivity (Wildman–Crippen MR) is 498 cm³/mol. The smallest absolute Gasteiger partial charge is 0.194 e. The number of hydrogen-bond acceptors (Lipinski definition) is 4. The Kier molecular flexibility index (Phi) is 38.4. The summed E-state index contributed by atoms with van der Waals surface area (Å²) in [6, 6.07) is 23.7. The fourth-order valence-electron chi connectivity index (χ4n) is 19.6. The molecule has 32 heteroatoms. The number of hydrogen-bond donors (Lipinski definition) is 0. The highest BCUT2D eigenvalue weighted by molar-refractivity contribution is 5.69. The molecule has 146 heavy (non-hydrogen) atoms. The largest absolute Gasteiger partial charge is 0.487 e. The van der Waals surface area contributed by atoms with E-state index in [4.69, 9.17) is 18.9 Å². The first kappa shape index (κ1) is 111. The van der Waals surface area contributed by atoms with Crippen LogP contribution in [-0.2, 0) is 25.7 Å². The first-order valence-electron chi connectivity index (χ1n) is 48.7. The second-order valence-corrected chi connectivity index (χ2v) is 37.8. The lowest BCUT2D eigenvalue weighted by Crippen LogP contribution is -2.20. The van der Waals surface area contributed by atoms with E-state index in [-0.39, 0.29) is 79.5 Å². The van der Waals surface area contributed by atoms with E-state index in [2.05, 4.69) is 6.92 Å². The van der Waals surface area contributed by atoms with Crippen molar-refractivity contribution >= 4 is 0 Å². The summed E-state index contributed by atoms with van der Waals surface area (Å²) >= 11 is 0. The molecule has 0 bridgehead atoms. The van der Waals surface area contributed by atoms with E-state index in [1.165, 1.54) is 48.5 Å². The summed E-state index contributed by atoms with van der Waals surface area (Å²) in [7, 11) is 0. The van der Waals surface area contributed by atoms with Crippen molar-refractivity contribution in [3.8, 4) is 67.5 Å². The number of halogens is 28. The van der Waals surface area contributed by atoms with Gasteiger partial charge in [-0.2, -0.15) is 0 Å². The van der Waals surface area contributed by atoms with Crippen LogP contribution in [0.25, 0.3) is 44.5 Å². The van der Waals surface area contributed by atoms with Gasteiger partial charge in [-0.1, -0.05) is 53.4 Å². The van der Waals surface area contributed by atoms with Gasteiger partial charge in [-0.25, -0.2) is 123 Å². The van der Waals surface area contributed by atoms with E-state index < -0.39 is 225 Å². The summed E-state index contributed by atoms with van der Waals surface area (Å²) < 4.78 is 416. The van der Waals surface area contributed by atoms with Crippen molar-refractivity contribution in [3.05, 3.63) is 353 Å². The molecule has 0 aliphatic heterocycles. The summed E-state index contributed by atoms with van der Waals surface area (Å²) in [6.07, 6.45) is 17.3. The maximum atomic E-state index is 14.8. The fraction of sp³-hybridized carbons (Fsp3) is 0.368. The van der Waals surface area contributed by atoms with Crippen LogP contribution < -0.4 is 18.9 Å². The Bertz CT molecular complexity index is 6320. The van der Waals surface area contributed by atoms with E-state index in [1.54, 1.807) is 6.92 Å². The molecule has 4 saturated carbocycles. The molecule has 0 N–H and O–H groups in total. The minimum atomic E-state index is -1.71. The Labute approximate surface area is 826 Å². The highest BCUT2D eigenvalue weighted by Gasteiger charge is 2.35. The van der Waals surface area contributed by atoms with Gasteiger partial charge in [0.15, 0.2) is 139 Å². The Morgan fingerprint density at radius 1 is 0.185 bits per heavy atom. The van der Waals surface area contributed by atoms with Gasteiger partial charge < -0.3 is 18.9 Å². The molecule has 0 amide bonds. The van der Waals surface area contributed by atoms with Crippen LogP contribution in [0.3, 0.4) is 0 Å². The summed E-state index contributed by atoms with van der Waals surface area (Å²) in [4.78, 5) is 0. The van der Waals surface area contributed by atoms with Crippen molar-refractivity contribution in [3.63, 3.8) is 0 Å². The maximum absolute atomic E-state index is 14.8. The van der Waals surface area contributed by atoms with Gasteiger partial charge in [0.2, 0.25) is 0 Å². The van der Waals surface area contributed by atoms with Gasteiger partial charge in [0.25, 0.3) is 0 Å². The quantitative estimate of drug-likeness (QED) is 0.0255. The molecule has 0 saturated heterocycles. The molecule has 780 valence electrons. The highest BCUT2D eigenvalue weighted by Crippen LogP contribution is 2.47. The lowest BCUT2D eigenvalue weighted by Gasteiger charge is -2.29. The third-order valence-electron chi connectivity index (χ3n) is 27.5. The van der Waals surface area contributed by atoms with Crippen LogP contribution in [0.4, 0.5) is 123 Å². The molecular weight excluding hydrogens is 1970 g/mol. The first-order chi connectivity index (χ1) is 69.7. The van der Waals surface area contributed by atoms with Crippen molar-refractivity contribution in [2.24, 2.45) is 23.7 Å². The zero-order chi connectivity index (χ0) is 105. The van der Waals surface area contributed by atoms with Crippen molar-refractivity contribution in [1.29, 1.82) is 0 Å². The molecule has 4 nitrogen and oxygen atoms in total. The molecule has 12 aromatic carbocycles. The van der Waals surface area contributed by atoms with Crippen LogP contribution in [0, 0.1) is 187 Å². The lowest BCUT2D eigenvalue weighted by molar-refractivity contribution is 0.187. The third kappa shape index (κ3) is 27.6. The molecule has 4 fully saturated rings. The van der Waals surface area contributed by atoms with Crippen LogP contribution in [0.15, 0.2) is 146 Å². The minimum absolute atomic E-state index is 0.0217. The van der Waals surface area contributed by atoms with Crippen molar-refractivity contribution in [2.45, 2.75) is 218 Å². The topological polar surface area (TPSA) is 36.9 Å². The zero-order valence-electron chi connectivity index (χ0n) is 79.9. The van der Waals surface area contributed by atoms with Gasteiger partial charge >= 0.3 is 0 Å². The monoisotopic (exact) mass is 2070 g/mol. The van der Waals surface area contributed by atoms with E-state index in [0.29, 0.717) is 221 Å². The van der Waals surface area contributed by atoms with Crippen molar-refractivity contribution < 1.29 is 142 Å². The van der Waals surface area contributed by atoms with Crippen molar-refractivity contribution in [1.82, 2.24) is 0 Å². The Balaban J connectivity index is 0.000000163. The third-order valence-corrected chi connectivity index (χ3v) is 27.5. The second-order valence-electron chi connectivity index (χ2n) is 37.8. The first-order valence-corrected chi connectivity index (χ1v) is 48.7.